The number of para-hydroxylation sites is 1. The maximum Gasteiger partial charge on any atom is 0.248 e. The third-order valence-corrected chi connectivity index (χ3v) is 5.51. The van der Waals surface area contributed by atoms with Crippen molar-refractivity contribution >= 4 is 27.3 Å². The molecule has 27 heavy (non-hydrogen) atoms. The topological polar surface area (TPSA) is 66.5 Å². The van der Waals surface area contributed by atoms with Gasteiger partial charge in [0.05, 0.1) is 11.9 Å². The lowest BCUT2D eigenvalue weighted by Gasteiger charge is -2.30. The summed E-state index contributed by atoms with van der Waals surface area (Å²) in [5.41, 5.74) is 3.34. The lowest BCUT2D eigenvalue weighted by atomic mass is 10.0. The van der Waals surface area contributed by atoms with E-state index in [1.165, 1.54) is 24.3 Å². The summed E-state index contributed by atoms with van der Waals surface area (Å²) >= 11 is 0. The number of carbonyl (C=O) groups is 1. The molecule has 0 aliphatic carbocycles. The summed E-state index contributed by atoms with van der Waals surface area (Å²) in [6, 6.07) is 8.34. The highest BCUT2D eigenvalue weighted by Crippen LogP contribution is 2.27. The minimum absolute atomic E-state index is 0.139. The molecule has 0 radical (unpaired) electrons. The first-order valence-corrected chi connectivity index (χ1v) is 10.5. The molecule has 0 fully saturated rings. The molecule has 1 amide bonds. The van der Waals surface area contributed by atoms with E-state index in [-0.39, 0.29) is 12.1 Å². The second kappa shape index (κ2) is 8.08. The van der Waals surface area contributed by atoms with Crippen LogP contribution in [0, 0.1) is 26.6 Å². The van der Waals surface area contributed by atoms with Crippen molar-refractivity contribution in [2.45, 2.75) is 40.2 Å². The Bertz CT molecular complexity index is 934. The highest BCUT2D eigenvalue weighted by atomic mass is 32.2. The number of anilines is 2. The molecule has 0 heterocycles. The summed E-state index contributed by atoms with van der Waals surface area (Å²) in [5, 5.41) is 2.83. The summed E-state index contributed by atoms with van der Waals surface area (Å²) in [6.45, 7) is 7.41. The molecule has 1 atom stereocenters. The number of rotatable bonds is 6. The first kappa shape index (κ1) is 20.9. The van der Waals surface area contributed by atoms with Crippen molar-refractivity contribution in [3.8, 4) is 0 Å². The smallest absolute Gasteiger partial charge is 0.248 e. The summed E-state index contributed by atoms with van der Waals surface area (Å²) in [7, 11) is -3.88. The predicted octanol–water partition coefficient (Wildman–Crippen LogP) is 3.93. The maximum atomic E-state index is 14.3. The lowest BCUT2D eigenvalue weighted by molar-refractivity contribution is -0.117. The molecule has 5 nitrogen and oxygen atoms in total. The molecule has 2 rings (SSSR count). The normalized spacial score (nSPS) is 12.5. The highest BCUT2D eigenvalue weighted by Gasteiger charge is 2.33. The number of halogens is 1. The number of benzene rings is 2. The van der Waals surface area contributed by atoms with Crippen LogP contribution < -0.4 is 9.62 Å². The quantitative estimate of drug-likeness (QED) is 0.810. The second-order valence-corrected chi connectivity index (χ2v) is 8.56. The van der Waals surface area contributed by atoms with Gasteiger partial charge in [0.25, 0.3) is 0 Å². The molecular formula is C20H25FN2O3S. The Balaban J connectivity index is 2.46. The van der Waals surface area contributed by atoms with E-state index in [0.717, 1.165) is 27.3 Å². The van der Waals surface area contributed by atoms with E-state index < -0.39 is 27.8 Å². The zero-order valence-corrected chi connectivity index (χ0v) is 17.0. The van der Waals surface area contributed by atoms with Gasteiger partial charge in [-0.25, -0.2) is 12.8 Å². The third-order valence-electron chi connectivity index (χ3n) is 4.34. The zero-order chi connectivity index (χ0) is 20.4. The largest absolute Gasteiger partial charge is 0.324 e. The van der Waals surface area contributed by atoms with Crippen LogP contribution in [0.2, 0.25) is 0 Å². The summed E-state index contributed by atoms with van der Waals surface area (Å²) in [4.78, 5) is 13.0. The molecule has 0 aliphatic rings. The van der Waals surface area contributed by atoms with E-state index in [4.69, 9.17) is 0 Å². The molecule has 2 aromatic rings. The fourth-order valence-corrected chi connectivity index (χ4v) is 4.46. The van der Waals surface area contributed by atoms with Crippen LogP contribution in [0.15, 0.2) is 36.4 Å². The Hall–Kier alpha value is -2.41. The Kier molecular flexibility index (Phi) is 6.26. The number of hydrogen-bond acceptors (Lipinski definition) is 3. The number of nitrogens with zero attached hydrogens (tertiary/aromatic N) is 1. The van der Waals surface area contributed by atoms with Crippen molar-refractivity contribution in [1.82, 2.24) is 0 Å². The van der Waals surface area contributed by atoms with Gasteiger partial charge in [-0.05, 0) is 50.5 Å². The first-order valence-electron chi connectivity index (χ1n) is 8.69. The third kappa shape index (κ3) is 4.66. The first-order chi connectivity index (χ1) is 12.6. The van der Waals surface area contributed by atoms with E-state index in [9.17, 15) is 17.6 Å². The monoisotopic (exact) mass is 392 g/mol. The van der Waals surface area contributed by atoms with Gasteiger partial charge < -0.3 is 5.32 Å². The van der Waals surface area contributed by atoms with Crippen LogP contribution >= 0.6 is 0 Å². The Morgan fingerprint density at radius 2 is 1.70 bits per heavy atom. The van der Waals surface area contributed by atoms with Crippen LogP contribution in [0.3, 0.4) is 0 Å². The van der Waals surface area contributed by atoms with Crippen LogP contribution in [0.25, 0.3) is 0 Å². The number of amides is 1. The summed E-state index contributed by atoms with van der Waals surface area (Å²) < 4.78 is 39.9. The van der Waals surface area contributed by atoms with Gasteiger partial charge in [-0.3, -0.25) is 9.10 Å². The van der Waals surface area contributed by atoms with Gasteiger partial charge in [0.15, 0.2) is 0 Å². The molecule has 0 saturated carbocycles. The van der Waals surface area contributed by atoms with E-state index in [1.54, 1.807) is 6.92 Å². The molecule has 0 spiro atoms. The molecule has 0 aliphatic heterocycles. The van der Waals surface area contributed by atoms with E-state index >= 15 is 0 Å². The van der Waals surface area contributed by atoms with Crippen molar-refractivity contribution in [2.75, 3.05) is 15.9 Å². The molecule has 0 bridgehead atoms. The molecule has 0 saturated heterocycles. The summed E-state index contributed by atoms with van der Waals surface area (Å²) in [5.74, 6) is -1.20. The number of sulfonamides is 1. The van der Waals surface area contributed by atoms with Gasteiger partial charge in [0.2, 0.25) is 15.9 Å². The van der Waals surface area contributed by atoms with Crippen LogP contribution in [0.5, 0.6) is 0 Å². The fraction of sp³-hybridized carbons (Fsp3) is 0.350. The van der Waals surface area contributed by atoms with Gasteiger partial charge in [-0.15, -0.1) is 0 Å². The molecule has 0 aromatic heterocycles. The number of hydrogen-bond donors (Lipinski definition) is 1. The van der Waals surface area contributed by atoms with E-state index in [0.29, 0.717) is 5.69 Å². The van der Waals surface area contributed by atoms with Crippen LogP contribution in [-0.4, -0.2) is 26.6 Å². The average Bonchev–Trinajstić information content (AvgIpc) is 2.55. The van der Waals surface area contributed by atoms with Gasteiger partial charge in [-0.1, -0.05) is 36.8 Å². The highest BCUT2D eigenvalue weighted by molar-refractivity contribution is 7.92. The van der Waals surface area contributed by atoms with Gasteiger partial charge in [-0.2, -0.15) is 0 Å². The van der Waals surface area contributed by atoms with E-state index in [1.807, 2.05) is 32.9 Å². The molecule has 146 valence electrons. The summed E-state index contributed by atoms with van der Waals surface area (Å²) in [6.07, 6.45) is 1.16. The van der Waals surface area contributed by atoms with Gasteiger partial charge in [0, 0.05) is 5.69 Å². The van der Waals surface area contributed by atoms with Gasteiger partial charge >= 0.3 is 0 Å². The fourth-order valence-electron chi connectivity index (χ4n) is 3.25. The lowest BCUT2D eigenvalue weighted by Crippen LogP contribution is -2.47. The Morgan fingerprint density at radius 1 is 1.15 bits per heavy atom. The number of nitrogens with one attached hydrogen (secondary N) is 1. The molecule has 0 unspecified atom stereocenters. The van der Waals surface area contributed by atoms with Crippen molar-refractivity contribution in [1.29, 1.82) is 0 Å². The Labute approximate surface area is 160 Å². The minimum Gasteiger partial charge on any atom is -0.324 e. The zero-order valence-electron chi connectivity index (χ0n) is 16.2. The minimum atomic E-state index is -3.88. The number of aryl methyl sites for hydroxylation is 3. The van der Waals surface area contributed by atoms with Crippen molar-refractivity contribution in [3.63, 3.8) is 0 Å². The molecule has 2 aromatic carbocycles. The van der Waals surface area contributed by atoms with Crippen molar-refractivity contribution in [2.24, 2.45) is 0 Å². The standard InChI is InChI=1S/C20H25FN2O3S/c1-6-17(20(24)22-19-14(3)11-13(2)12-15(19)4)23(27(5,25)26)18-10-8-7-9-16(18)21/h7-12,17H,6H2,1-5H3,(H,22,24)/t17-/m1/s1. The van der Waals surface area contributed by atoms with Gasteiger partial charge in [0.1, 0.15) is 11.9 Å². The predicted molar refractivity (Wildman–Crippen MR) is 107 cm³/mol. The average molecular weight is 392 g/mol. The van der Waals surface area contributed by atoms with Crippen LogP contribution in [-0.2, 0) is 14.8 Å². The SMILES string of the molecule is CC[C@H](C(=O)Nc1c(C)cc(C)cc1C)N(c1ccccc1F)S(C)(=O)=O. The Morgan fingerprint density at radius 3 is 2.19 bits per heavy atom. The van der Waals surface area contributed by atoms with Crippen LogP contribution in [0.4, 0.5) is 15.8 Å². The molecule has 1 N–H and O–H groups in total. The second-order valence-electron chi connectivity index (χ2n) is 6.70. The van der Waals surface area contributed by atoms with Crippen molar-refractivity contribution in [3.05, 3.63) is 58.9 Å². The maximum absolute atomic E-state index is 14.3. The van der Waals surface area contributed by atoms with Crippen LogP contribution in [0.1, 0.15) is 30.0 Å². The van der Waals surface area contributed by atoms with E-state index in [2.05, 4.69) is 5.32 Å². The van der Waals surface area contributed by atoms with Crippen molar-refractivity contribution < 1.29 is 17.6 Å². The number of carbonyl (C=O) groups excluding carboxylic acids is 1. The molecule has 7 heteroatoms. The molecular weight excluding hydrogens is 367 g/mol.